The van der Waals surface area contributed by atoms with Gasteiger partial charge >= 0.3 is 11.9 Å². The molecular formula is C29H48O7. The van der Waals surface area contributed by atoms with Gasteiger partial charge in [0, 0.05) is 31.0 Å². The summed E-state index contributed by atoms with van der Waals surface area (Å²) in [5.41, 5.74) is 0. The van der Waals surface area contributed by atoms with Crippen LogP contribution in [0.15, 0.2) is 18.2 Å². The molecule has 0 bridgehead atoms. The van der Waals surface area contributed by atoms with Crippen molar-refractivity contribution in [1.82, 2.24) is 0 Å². The highest BCUT2D eigenvalue weighted by molar-refractivity contribution is 5.69. The summed E-state index contributed by atoms with van der Waals surface area (Å²) >= 11 is 0. The van der Waals surface area contributed by atoms with Crippen molar-refractivity contribution in [3.05, 3.63) is 18.2 Å². The van der Waals surface area contributed by atoms with Gasteiger partial charge in [0.25, 0.3) is 0 Å². The molecule has 0 radical (unpaired) electrons. The molecule has 36 heavy (non-hydrogen) atoms. The van der Waals surface area contributed by atoms with E-state index in [0.29, 0.717) is 70.0 Å². The zero-order valence-corrected chi connectivity index (χ0v) is 22.6. The minimum atomic E-state index is -0.204. The molecule has 0 aliphatic heterocycles. The first-order chi connectivity index (χ1) is 17.5. The van der Waals surface area contributed by atoms with E-state index in [0.717, 1.165) is 25.7 Å². The maximum absolute atomic E-state index is 11.8. The molecule has 0 fully saturated rings. The number of esters is 2. The van der Waals surface area contributed by atoms with E-state index < -0.39 is 0 Å². The minimum absolute atomic E-state index is 0.0486. The quantitative estimate of drug-likeness (QED) is 0.124. The van der Waals surface area contributed by atoms with Crippen molar-refractivity contribution in [1.29, 1.82) is 0 Å². The van der Waals surface area contributed by atoms with Gasteiger partial charge in [0.1, 0.15) is 17.2 Å². The first kappa shape index (κ1) is 31.6. The van der Waals surface area contributed by atoms with Crippen LogP contribution < -0.4 is 9.47 Å². The lowest BCUT2D eigenvalue weighted by molar-refractivity contribution is -0.144. The molecule has 1 aromatic carbocycles. The molecule has 206 valence electrons. The SMILES string of the molecule is CCCCCCCOC(=O)CCCCOc1cc(O)cc(OCCCC(=O)OCCCCCCC)c1. The Morgan fingerprint density at radius 3 is 1.56 bits per heavy atom. The summed E-state index contributed by atoms with van der Waals surface area (Å²) in [4.78, 5) is 23.6. The number of unbranched alkanes of at least 4 members (excludes halogenated alkanes) is 9. The third kappa shape index (κ3) is 17.9. The van der Waals surface area contributed by atoms with Gasteiger partial charge in [-0.15, -0.1) is 0 Å². The van der Waals surface area contributed by atoms with Gasteiger partial charge in [-0.25, -0.2) is 0 Å². The number of phenolic OH excluding ortho intramolecular Hbond substituents is 1. The predicted molar refractivity (Wildman–Crippen MR) is 142 cm³/mol. The number of carbonyl (C=O) groups excluding carboxylic acids is 2. The average molecular weight is 509 g/mol. The van der Waals surface area contributed by atoms with Crippen LogP contribution in [-0.2, 0) is 19.1 Å². The number of carbonyl (C=O) groups is 2. The maximum atomic E-state index is 11.8. The summed E-state index contributed by atoms with van der Waals surface area (Å²) < 4.78 is 21.9. The van der Waals surface area contributed by atoms with Crippen LogP contribution in [0.4, 0.5) is 0 Å². The minimum Gasteiger partial charge on any atom is -0.508 e. The van der Waals surface area contributed by atoms with E-state index in [9.17, 15) is 14.7 Å². The number of hydrogen-bond donors (Lipinski definition) is 1. The van der Waals surface area contributed by atoms with Crippen LogP contribution in [0.1, 0.15) is 110 Å². The lowest BCUT2D eigenvalue weighted by Crippen LogP contribution is -2.08. The Labute approximate surface area is 217 Å². The number of benzene rings is 1. The summed E-state index contributed by atoms with van der Waals surface area (Å²) in [5, 5.41) is 9.94. The molecule has 0 heterocycles. The second-order valence-corrected chi connectivity index (χ2v) is 9.19. The van der Waals surface area contributed by atoms with Crippen molar-refractivity contribution in [2.45, 2.75) is 110 Å². The standard InChI is InChI=1S/C29H48O7/c1-3-5-7-9-12-19-35-28(31)16-11-14-18-33-26-22-25(30)23-27(24-26)34-21-15-17-29(32)36-20-13-10-8-6-4-2/h22-24,30H,3-21H2,1-2H3. The number of ether oxygens (including phenoxy) is 4. The van der Waals surface area contributed by atoms with E-state index in [1.807, 2.05) is 0 Å². The van der Waals surface area contributed by atoms with Crippen LogP contribution in [0.2, 0.25) is 0 Å². The molecule has 0 atom stereocenters. The van der Waals surface area contributed by atoms with Gasteiger partial charge < -0.3 is 24.1 Å². The lowest BCUT2D eigenvalue weighted by atomic mass is 10.2. The highest BCUT2D eigenvalue weighted by Crippen LogP contribution is 2.27. The molecule has 0 aromatic heterocycles. The summed E-state index contributed by atoms with van der Waals surface area (Å²) in [6.45, 7) is 6.11. The molecule has 1 N–H and O–H groups in total. The molecule has 0 aliphatic carbocycles. The van der Waals surface area contributed by atoms with Crippen LogP contribution in [-0.4, -0.2) is 43.5 Å². The molecule has 0 spiro atoms. The van der Waals surface area contributed by atoms with E-state index in [2.05, 4.69) is 13.8 Å². The molecule has 0 unspecified atom stereocenters. The van der Waals surface area contributed by atoms with E-state index in [1.165, 1.54) is 50.7 Å². The molecule has 1 aromatic rings. The van der Waals surface area contributed by atoms with Crippen molar-refractivity contribution >= 4 is 11.9 Å². The van der Waals surface area contributed by atoms with Crippen molar-refractivity contribution in [3.8, 4) is 17.2 Å². The zero-order chi connectivity index (χ0) is 26.3. The first-order valence-corrected chi connectivity index (χ1v) is 14.0. The number of phenols is 1. The Bertz CT molecular complexity index is 705. The smallest absolute Gasteiger partial charge is 0.305 e. The third-order valence-corrected chi connectivity index (χ3v) is 5.72. The summed E-state index contributed by atoms with van der Waals surface area (Å²) in [6, 6.07) is 4.75. The third-order valence-electron chi connectivity index (χ3n) is 5.72. The fraction of sp³-hybridized carbons (Fsp3) is 0.724. The zero-order valence-electron chi connectivity index (χ0n) is 22.6. The lowest BCUT2D eigenvalue weighted by Gasteiger charge is -2.11. The molecule has 0 saturated carbocycles. The van der Waals surface area contributed by atoms with Gasteiger partial charge in [0.2, 0.25) is 0 Å². The molecule has 0 amide bonds. The highest BCUT2D eigenvalue weighted by Gasteiger charge is 2.07. The molecule has 0 saturated heterocycles. The van der Waals surface area contributed by atoms with E-state index >= 15 is 0 Å². The Balaban J connectivity index is 2.13. The molecule has 7 heteroatoms. The Morgan fingerprint density at radius 2 is 1.03 bits per heavy atom. The van der Waals surface area contributed by atoms with Gasteiger partial charge in [-0.05, 0) is 32.1 Å². The largest absolute Gasteiger partial charge is 0.508 e. The second-order valence-electron chi connectivity index (χ2n) is 9.19. The van der Waals surface area contributed by atoms with Crippen LogP contribution in [0, 0.1) is 0 Å². The Morgan fingerprint density at radius 1 is 0.583 bits per heavy atom. The predicted octanol–water partition coefficient (Wildman–Crippen LogP) is 7.13. The summed E-state index contributed by atoms with van der Waals surface area (Å²) in [7, 11) is 0. The van der Waals surface area contributed by atoms with E-state index in [1.54, 1.807) is 6.07 Å². The average Bonchev–Trinajstić information content (AvgIpc) is 2.85. The normalized spacial score (nSPS) is 10.7. The van der Waals surface area contributed by atoms with Crippen LogP contribution in [0.3, 0.4) is 0 Å². The number of hydrogen-bond acceptors (Lipinski definition) is 7. The fourth-order valence-corrected chi connectivity index (χ4v) is 3.62. The molecule has 0 aliphatic rings. The van der Waals surface area contributed by atoms with Gasteiger partial charge in [0.15, 0.2) is 0 Å². The second kappa shape index (κ2) is 21.8. The van der Waals surface area contributed by atoms with Crippen molar-refractivity contribution in [2.24, 2.45) is 0 Å². The van der Waals surface area contributed by atoms with Gasteiger partial charge in [-0.3, -0.25) is 9.59 Å². The van der Waals surface area contributed by atoms with Crippen LogP contribution in [0.5, 0.6) is 17.2 Å². The van der Waals surface area contributed by atoms with E-state index in [-0.39, 0.29) is 17.7 Å². The monoisotopic (exact) mass is 508 g/mol. The first-order valence-electron chi connectivity index (χ1n) is 14.0. The van der Waals surface area contributed by atoms with E-state index in [4.69, 9.17) is 18.9 Å². The van der Waals surface area contributed by atoms with Gasteiger partial charge in [-0.2, -0.15) is 0 Å². The van der Waals surface area contributed by atoms with Gasteiger partial charge in [0.05, 0.1) is 26.4 Å². The summed E-state index contributed by atoms with van der Waals surface area (Å²) in [5.74, 6) is 0.672. The van der Waals surface area contributed by atoms with Crippen molar-refractivity contribution < 1.29 is 33.6 Å². The Hall–Kier alpha value is -2.44. The number of aromatic hydroxyl groups is 1. The topological polar surface area (TPSA) is 91.3 Å². The number of rotatable bonds is 23. The molecule has 1 rings (SSSR count). The van der Waals surface area contributed by atoms with Gasteiger partial charge in [-0.1, -0.05) is 65.2 Å². The van der Waals surface area contributed by atoms with Crippen LogP contribution in [0.25, 0.3) is 0 Å². The maximum Gasteiger partial charge on any atom is 0.305 e. The van der Waals surface area contributed by atoms with Crippen molar-refractivity contribution in [3.63, 3.8) is 0 Å². The van der Waals surface area contributed by atoms with Crippen LogP contribution >= 0.6 is 0 Å². The summed E-state index contributed by atoms with van der Waals surface area (Å²) in [6.07, 6.45) is 13.9. The Kier molecular flexibility index (Phi) is 19.1. The molecular weight excluding hydrogens is 460 g/mol. The van der Waals surface area contributed by atoms with Crippen molar-refractivity contribution in [2.75, 3.05) is 26.4 Å². The molecule has 7 nitrogen and oxygen atoms in total. The highest BCUT2D eigenvalue weighted by atomic mass is 16.5. The fourth-order valence-electron chi connectivity index (χ4n) is 3.62.